The zero-order valence-corrected chi connectivity index (χ0v) is 12.3. The van der Waals surface area contributed by atoms with Gasteiger partial charge in [0.2, 0.25) is 0 Å². The highest BCUT2D eigenvalue weighted by Crippen LogP contribution is 2.26. The number of ether oxygens (including phenoxy) is 1. The third-order valence-corrected chi connectivity index (χ3v) is 4.04. The van der Waals surface area contributed by atoms with E-state index < -0.39 is 0 Å². The van der Waals surface area contributed by atoms with Crippen LogP contribution in [0.4, 0.5) is 0 Å². The van der Waals surface area contributed by atoms with Crippen molar-refractivity contribution >= 4 is 0 Å². The first-order chi connectivity index (χ1) is 9.29. The molecule has 0 amide bonds. The van der Waals surface area contributed by atoms with E-state index in [1.165, 1.54) is 37.7 Å². The topological polar surface area (TPSA) is 21.3 Å². The summed E-state index contributed by atoms with van der Waals surface area (Å²) in [4.78, 5) is 0. The third kappa shape index (κ3) is 4.54. The minimum absolute atomic E-state index is 0.420. The molecule has 2 nitrogen and oxygen atoms in total. The summed E-state index contributed by atoms with van der Waals surface area (Å²) in [5.74, 6) is 1.79. The van der Waals surface area contributed by atoms with E-state index in [9.17, 15) is 0 Å². The molecule has 0 radical (unpaired) electrons. The predicted octanol–water partition coefficient (Wildman–Crippen LogP) is 4.32. The van der Waals surface area contributed by atoms with Gasteiger partial charge in [-0.25, -0.2) is 0 Å². The fourth-order valence-electron chi connectivity index (χ4n) is 2.72. The lowest BCUT2D eigenvalue weighted by molar-refractivity contribution is 0.252. The molecule has 1 unspecified atom stereocenters. The summed E-state index contributed by atoms with van der Waals surface area (Å²) >= 11 is 0. The molecule has 0 bridgehead atoms. The second kappa shape index (κ2) is 7.54. The fraction of sp³-hybridized carbons (Fsp3) is 0.647. The Balaban J connectivity index is 1.80. The van der Waals surface area contributed by atoms with Gasteiger partial charge in [0, 0.05) is 6.04 Å². The van der Waals surface area contributed by atoms with Crippen molar-refractivity contribution in [3.63, 3.8) is 0 Å². The second-order valence-electron chi connectivity index (χ2n) is 5.71. The minimum Gasteiger partial charge on any atom is -0.493 e. The largest absolute Gasteiger partial charge is 0.493 e. The molecule has 1 aromatic rings. The van der Waals surface area contributed by atoms with E-state index in [4.69, 9.17) is 4.74 Å². The summed E-state index contributed by atoms with van der Waals surface area (Å²) in [6, 6.07) is 8.99. The molecule has 1 fully saturated rings. The van der Waals surface area contributed by atoms with Crippen LogP contribution in [0.3, 0.4) is 0 Å². The normalized spacial score (nSPS) is 17.6. The van der Waals surface area contributed by atoms with Crippen molar-refractivity contribution in [2.24, 2.45) is 5.92 Å². The second-order valence-corrected chi connectivity index (χ2v) is 5.71. The van der Waals surface area contributed by atoms with Gasteiger partial charge in [0.25, 0.3) is 0 Å². The van der Waals surface area contributed by atoms with Gasteiger partial charge in [0.15, 0.2) is 0 Å². The Morgan fingerprint density at radius 3 is 2.53 bits per heavy atom. The van der Waals surface area contributed by atoms with Crippen LogP contribution in [0.5, 0.6) is 5.75 Å². The molecule has 2 rings (SSSR count). The van der Waals surface area contributed by atoms with Crippen LogP contribution in [-0.4, -0.2) is 13.2 Å². The average Bonchev–Trinajstić information content (AvgIpc) is 2.96. The van der Waals surface area contributed by atoms with E-state index in [1.54, 1.807) is 0 Å². The maximum absolute atomic E-state index is 5.89. The van der Waals surface area contributed by atoms with Crippen molar-refractivity contribution in [3.05, 3.63) is 29.8 Å². The zero-order chi connectivity index (χ0) is 13.5. The molecule has 2 heteroatoms. The van der Waals surface area contributed by atoms with E-state index in [0.717, 1.165) is 24.8 Å². The first-order valence-corrected chi connectivity index (χ1v) is 7.75. The summed E-state index contributed by atoms with van der Waals surface area (Å²) in [5.41, 5.74) is 1.33. The number of hydrogen-bond acceptors (Lipinski definition) is 2. The molecule has 0 spiro atoms. The number of benzene rings is 1. The molecule has 0 aliphatic heterocycles. The molecule has 0 saturated heterocycles. The van der Waals surface area contributed by atoms with Crippen LogP contribution in [0.25, 0.3) is 0 Å². The van der Waals surface area contributed by atoms with Gasteiger partial charge < -0.3 is 10.1 Å². The molecule has 0 aromatic heterocycles. The Bertz CT molecular complexity index is 354. The first kappa shape index (κ1) is 14.4. The highest BCUT2D eigenvalue weighted by atomic mass is 16.5. The Morgan fingerprint density at radius 1 is 1.21 bits per heavy atom. The third-order valence-electron chi connectivity index (χ3n) is 4.04. The van der Waals surface area contributed by atoms with Crippen LogP contribution in [-0.2, 0) is 0 Å². The molecule has 19 heavy (non-hydrogen) atoms. The lowest BCUT2D eigenvalue weighted by Crippen LogP contribution is -2.19. The molecular formula is C17H27NO. The molecule has 1 aromatic carbocycles. The van der Waals surface area contributed by atoms with Gasteiger partial charge >= 0.3 is 0 Å². The Kier molecular flexibility index (Phi) is 5.71. The van der Waals surface area contributed by atoms with Gasteiger partial charge in [0.1, 0.15) is 5.75 Å². The van der Waals surface area contributed by atoms with Gasteiger partial charge in [-0.05, 0) is 56.3 Å². The fourth-order valence-corrected chi connectivity index (χ4v) is 2.72. The summed E-state index contributed by atoms with van der Waals surface area (Å²) in [5, 5.41) is 3.50. The maximum atomic E-state index is 5.89. The van der Waals surface area contributed by atoms with Crippen molar-refractivity contribution in [1.29, 1.82) is 0 Å². The number of hydrogen-bond donors (Lipinski definition) is 1. The number of rotatable bonds is 7. The number of nitrogens with one attached hydrogen (secondary N) is 1. The molecule has 1 aliphatic rings. The average molecular weight is 261 g/mol. The summed E-state index contributed by atoms with van der Waals surface area (Å²) in [6.45, 7) is 6.37. The van der Waals surface area contributed by atoms with Crippen molar-refractivity contribution < 1.29 is 4.74 Å². The molecule has 1 atom stereocenters. The quantitative estimate of drug-likeness (QED) is 0.789. The van der Waals surface area contributed by atoms with Crippen molar-refractivity contribution in [2.75, 3.05) is 13.2 Å². The standard InChI is InChI=1S/C17H27NO/c1-3-12-18-14(2)16-8-10-17(11-9-16)19-13-15-6-4-5-7-15/h8-11,14-15,18H,3-7,12-13H2,1-2H3. The van der Waals surface area contributed by atoms with Gasteiger partial charge in [-0.2, -0.15) is 0 Å². The predicted molar refractivity (Wildman–Crippen MR) is 80.6 cm³/mol. The Morgan fingerprint density at radius 2 is 1.89 bits per heavy atom. The Hall–Kier alpha value is -1.02. The molecule has 1 aliphatic carbocycles. The van der Waals surface area contributed by atoms with E-state index in [0.29, 0.717) is 6.04 Å². The van der Waals surface area contributed by atoms with Crippen molar-refractivity contribution in [1.82, 2.24) is 5.32 Å². The lowest BCUT2D eigenvalue weighted by Gasteiger charge is -2.15. The molecular weight excluding hydrogens is 234 g/mol. The molecule has 106 valence electrons. The summed E-state index contributed by atoms with van der Waals surface area (Å²) in [6.07, 6.45) is 6.63. The van der Waals surface area contributed by atoms with Crippen molar-refractivity contribution in [3.8, 4) is 5.75 Å². The van der Waals surface area contributed by atoms with Crippen molar-refractivity contribution in [2.45, 2.75) is 52.0 Å². The first-order valence-electron chi connectivity index (χ1n) is 7.75. The Labute approximate surface area is 117 Å². The van der Waals surface area contributed by atoms with E-state index in [2.05, 4.69) is 43.4 Å². The van der Waals surface area contributed by atoms with Crippen LogP contribution >= 0.6 is 0 Å². The smallest absolute Gasteiger partial charge is 0.119 e. The van der Waals surface area contributed by atoms with Crippen LogP contribution in [0.1, 0.15) is 57.6 Å². The van der Waals surface area contributed by atoms with Gasteiger partial charge in [-0.3, -0.25) is 0 Å². The molecule has 1 N–H and O–H groups in total. The monoisotopic (exact) mass is 261 g/mol. The highest BCUT2D eigenvalue weighted by molar-refractivity contribution is 5.28. The van der Waals surface area contributed by atoms with Crippen LogP contribution in [0.2, 0.25) is 0 Å². The van der Waals surface area contributed by atoms with Gasteiger partial charge in [-0.15, -0.1) is 0 Å². The van der Waals surface area contributed by atoms with Gasteiger partial charge in [-0.1, -0.05) is 31.9 Å². The molecule has 0 heterocycles. The van der Waals surface area contributed by atoms with Crippen LogP contribution in [0.15, 0.2) is 24.3 Å². The van der Waals surface area contributed by atoms with E-state index >= 15 is 0 Å². The lowest BCUT2D eigenvalue weighted by atomic mass is 10.1. The maximum Gasteiger partial charge on any atom is 0.119 e. The minimum atomic E-state index is 0.420. The highest BCUT2D eigenvalue weighted by Gasteiger charge is 2.15. The van der Waals surface area contributed by atoms with Gasteiger partial charge in [0.05, 0.1) is 6.61 Å². The summed E-state index contributed by atoms with van der Waals surface area (Å²) in [7, 11) is 0. The zero-order valence-electron chi connectivity index (χ0n) is 12.3. The van der Waals surface area contributed by atoms with E-state index in [1.807, 2.05) is 0 Å². The van der Waals surface area contributed by atoms with Crippen LogP contribution < -0.4 is 10.1 Å². The van der Waals surface area contributed by atoms with E-state index in [-0.39, 0.29) is 0 Å². The molecule has 1 saturated carbocycles. The SMILES string of the molecule is CCCNC(C)c1ccc(OCC2CCCC2)cc1. The summed E-state index contributed by atoms with van der Waals surface area (Å²) < 4.78 is 5.89. The van der Waals surface area contributed by atoms with Crippen LogP contribution in [0, 0.1) is 5.92 Å².